The van der Waals surface area contributed by atoms with E-state index < -0.39 is 0 Å². The molecule has 2 N–H and O–H groups in total. The van der Waals surface area contributed by atoms with Crippen LogP contribution in [0.25, 0.3) is 0 Å². The van der Waals surface area contributed by atoms with Crippen LogP contribution in [0.5, 0.6) is 0 Å². The van der Waals surface area contributed by atoms with Crippen molar-refractivity contribution in [1.29, 1.82) is 0 Å². The standard InChI is InChI=1S/C12H14O2S3/c13-3-1-9-5-11(15-7-9)17-12-6-10(2-4-14)8-16-12/h5-8,13-14H,1-4H2. The third-order valence-corrected chi connectivity index (χ3v) is 5.52. The maximum absolute atomic E-state index is 8.86. The second-order valence-corrected chi connectivity index (χ2v) is 7.02. The molecule has 2 heterocycles. The van der Waals surface area contributed by atoms with Crippen LogP contribution in [0.4, 0.5) is 0 Å². The summed E-state index contributed by atoms with van der Waals surface area (Å²) in [5.41, 5.74) is 2.40. The van der Waals surface area contributed by atoms with E-state index >= 15 is 0 Å². The SMILES string of the molecule is OCCc1csc(Sc2cc(CCO)cs2)c1. The Morgan fingerprint density at radius 2 is 1.35 bits per heavy atom. The highest BCUT2D eigenvalue weighted by Crippen LogP contribution is 2.36. The van der Waals surface area contributed by atoms with Gasteiger partial charge in [-0.05, 0) is 46.9 Å². The minimum Gasteiger partial charge on any atom is -0.396 e. The van der Waals surface area contributed by atoms with Gasteiger partial charge in [0, 0.05) is 13.2 Å². The highest BCUT2D eigenvalue weighted by molar-refractivity contribution is 8.02. The number of aliphatic hydroxyl groups excluding tert-OH is 2. The van der Waals surface area contributed by atoms with Crippen LogP contribution < -0.4 is 0 Å². The first kappa shape index (κ1) is 13.1. The molecule has 0 spiro atoms. The lowest BCUT2D eigenvalue weighted by atomic mass is 10.3. The van der Waals surface area contributed by atoms with Gasteiger partial charge in [0.1, 0.15) is 0 Å². The number of hydrogen-bond acceptors (Lipinski definition) is 5. The first-order chi connectivity index (χ1) is 8.31. The largest absolute Gasteiger partial charge is 0.396 e. The highest BCUT2D eigenvalue weighted by Gasteiger charge is 2.05. The van der Waals surface area contributed by atoms with Gasteiger partial charge in [-0.25, -0.2) is 0 Å². The molecule has 17 heavy (non-hydrogen) atoms. The number of aliphatic hydroxyl groups is 2. The molecular weight excluding hydrogens is 272 g/mol. The van der Waals surface area contributed by atoms with Gasteiger partial charge >= 0.3 is 0 Å². The quantitative estimate of drug-likeness (QED) is 0.857. The van der Waals surface area contributed by atoms with E-state index in [4.69, 9.17) is 10.2 Å². The van der Waals surface area contributed by atoms with Crippen molar-refractivity contribution in [1.82, 2.24) is 0 Å². The van der Waals surface area contributed by atoms with Crippen LogP contribution in [0.1, 0.15) is 11.1 Å². The van der Waals surface area contributed by atoms with E-state index in [2.05, 4.69) is 22.9 Å². The Kier molecular flexibility index (Phi) is 5.06. The molecule has 0 aliphatic heterocycles. The Labute approximate surface area is 113 Å². The summed E-state index contributed by atoms with van der Waals surface area (Å²) in [7, 11) is 0. The van der Waals surface area contributed by atoms with Gasteiger partial charge in [-0.3, -0.25) is 0 Å². The van der Waals surface area contributed by atoms with Crippen molar-refractivity contribution in [3.63, 3.8) is 0 Å². The van der Waals surface area contributed by atoms with Gasteiger partial charge in [0.25, 0.3) is 0 Å². The molecule has 0 atom stereocenters. The Hall–Kier alpha value is -0.330. The third-order valence-electron chi connectivity index (χ3n) is 2.26. The van der Waals surface area contributed by atoms with Crippen LogP contribution in [0.2, 0.25) is 0 Å². The molecule has 0 bridgehead atoms. The van der Waals surface area contributed by atoms with Crippen LogP contribution in [0, 0.1) is 0 Å². The average molecular weight is 286 g/mol. The summed E-state index contributed by atoms with van der Waals surface area (Å²) in [5.74, 6) is 0. The Morgan fingerprint density at radius 3 is 1.76 bits per heavy atom. The molecule has 5 heteroatoms. The van der Waals surface area contributed by atoms with E-state index in [0.29, 0.717) is 0 Å². The lowest BCUT2D eigenvalue weighted by Crippen LogP contribution is -1.86. The van der Waals surface area contributed by atoms with Gasteiger partial charge in [-0.2, -0.15) is 0 Å². The molecule has 2 nitrogen and oxygen atoms in total. The third kappa shape index (κ3) is 3.82. The molecule has 0 radical (unpaired) electrons. The molecular formula is C12H14O2S3. The second kappa shape index (κ2) is 6.56. The summed E-state index contributed by atoms with van der Waals surface area (Å²) < 4.78 is 2.51. The summed E-state index contributed by atoms with van der Waals surface area (Å²) in [5, 5.41) is 21.9. The van der Waals surface area contributed by atoms with E-state index in [1.807, 2.05) is 0 Å². The van der Waals surface area contributed by atoms with Crippen LogP contribution in [-0.2, 0) is 12.8 Å². The lowest BCUT2D eigenvalue weighted by Gasteiger charge is -1.92. The van der Waals surface area contributed by atoms with E-state index in [0.717, 1.165) is 12.8 Å². The molecule has 0 amide bonds. The van der Waals surface area contributed by atoms with Crippen LogP contribution in [0.3, 0.4) is 0 Å². The van der Waals surface area contributed by atoms with Crippen LogP contribution in [-0.4, -0.2) is 23.4 Å². The molecule has 0 fully saturated rings. The topological polar surface area (TPSA) is 40.5 Å². The fourth-order valence-corrected chi connectivity index (χ4v) is 4.77. The number of rotatable bonds is 6. The first-order valence-corrected chi connectivity index (χ1v) is 7.94. The number of thiophene rings is 2. The van der Waals surface area contributed by atoms with E-state index in [9.17, 15) is 0 Å². The highest BCUT2D eigenvalue weighted by atomic mass is 32.2. The van der Waals surface area contributed by atoms with E-state index in [-0.39, 0.29) is 13.2 Å². The smallest absolute Gasteiger partial charge is 0.0657 e. The fourth-order valence-electron chi connectivity index (χ4n) is 1.43. The molecule has 2 aromatic rings. The predicted molar refractivity (Wildman–Crippen MR) is 74.3 cm³/mol. The molecule has 0 unspecified atom stereocenters. The predicted octanol–water partition coefficient (Wildman–Crippen LogP) is 3.03. The fraction of sp³-hybridized carbons (Fsp3) is 0.333. The van der Waals surface area contributed by atoms with Crippen molar-refractivity contribution in [2.45, 2.75) is 21.3 Å². The normalized spacial score (nSPS) is 10.9. The summed E-state index contributed by atoms with van der Waals surface area (Å²) in [6.07, 6.45) is 1.47. The maximum Gasteiger partial charge on any atom is 0.0657 e. The molecule has 92 valence electrons. The zero-order valence-electron chi connectivity index (χ0n) is 9.26. The molecule has 0 saturated carbocycles. The van der Waals surface area contributed by atoms with Crippen LogP contribution in [0.15, 0.2) is 31.3 Å². The minimum atomic E-state index is 0.209. The molecule has 0 aromatic carbocycles. The molecule has 0 saturated heterocycles. The zero-order chi connectivity index (χ0) is 12.1. The molecule has 0 aliphatic carbocycles. The van der Waals surface area contributed by atoms with Gasteiger partial charge in [-0.15, -0.1) is 22.7 Å². The monoisotopic (exact) mass is 286 g/mol. The Balaban J connectivity index is 1.98. The van der Waals surface area contributed by atoms with Gasteiger partial charge < -0.3 is 10.2 Å². The van der Waals surface area contributed by atoms with Crippen molar-refractivity contribution in [2.24, 2.45) is 0 Å². The van der Waals surface area contributed by atoms with Crippen molar-refractivity contribution < 1.29 is 10.2 Å². The maximum atomic E-state index is 8.86. The van der Waals surface area contributed by atoms with Gasteiger partial charge in [-0.1, -0.05) is 11.8 Å². The molecule has 2 aromatic heterocycles. The van der Waals surface area contributed by atoms with E-state index in [1.165, 1.54) is 19.5 Å². The molecule has 2 rings (SSSR count). The van der Waals surface area contributed by atoms with Gasteiger partial charge in [0.15, 0.2) is 0 Å². The Morgan fingerprint density at radius 1 is 0.882 bits per heavy atom. The lowest BCUT2D eigenvalue weighted by molar-refractivity contribution is 0.299. The summed E-state index contributed by atoms with van der Waals surface area (Å²) in [6.45, 7) is 0.418. The zero-order valence-corrected chi connectivity index (χ0v) is 11.7. The minimum absolute atomic E-state index is 0.209. The van der Waals surface area contributed by atoms with Gasteiger partial charge in [0.05, 0.1) is 8.42 Å². The Bertz CT molecular complexity index is 420. The number of hydrogen-bond donors (Lipinski definition) is 2. The summed E-state index contributed by atoms with van der Waals surface area (Å²) in [4.78, 5) is 0. The summed E-state index contributed by atoms with van der Waals surface area (Å²) in [6, 6.07) is 4.27. The van der Waals surface area contributed by atoms with Crippen molar-refractivity contribution in [3.8, 4) is 0 Å². The van der Waals surface area contributed by atoms with Crippen molar-refractivity contribution in [2.75, 3.05) is 13.2 Å². The summed E-state index contributed by atoms with van der Waals surface area (Å²) >= 11 is 5.19. The second-order valence-electron chi connectivity index (χ2n) is 3.60. The average Bonchev–Trinajstić information content (AvgIpc) is 2.91. The molecule has 0 aliphatic rings. The van der Waals surface area contributed by atoms with Crippen molar-refractivity contribution in [3.05, 3.63) is 34.0 Å². The van der Waals surface area contributed by atoms with Crippen LogP contribution >= 0.6 is 34.4 Å². The van der Waals surface area contributed by atoms with E-state index in [1.54, 1.807) is 34.4 Å². The van der Waals surface area contributed by atoms with Crippen molar-refractivity contribution >= 4 is 34.4 Å². The first-order valence-electron chi connectivity index (χ1n) is 5.36. The van der Waals surface area contributed by atoms with Gasteiger partial charge in [0.2, 0.25) is 0 Å².